The van der Waals surface area contributed by atoms with Crippen molar-refractivity contribution in [1.82, 2.24) is 14.6 Å². The number of hydrogen-bond donors (Lipinski definition) is 1. The molecule has 3 aromatic rings. The maximum Gasteiger partial charge on any atom is 0.253 e. The van der Waals surface area contributed by atoms with Crippen molar-refractivity contribution in [2.45, 2.75) is 18.4 Å². The van der Waals surface area contributed by atoms with Gasteiger partial charge in [-0.05, 0) is 48.9 Å². The van der Waals surface area contributed by atoms with Gasteiger partial charge >= 0.3 is 0 Å². The number of nitrogens with zero attached hydrogens (tertiary/aromatic N) is 2. The number of pyridine rings is 1. The number of halogens is 1. The van der Waals surface area contributed by atoms with Gasteiger partial charge in [-0.3, -0.25) is 9.78 Å². The Bertz CT molecular complexity index is 1220. The summed E-state index contributed by atoms with van der Waals surface area (Å²) >= 11 is 6.05. The second-order valence-electron chi connectivity index (χ2n) is 7.30. The molecule has 0 radical (unpaired) electrons. The summed E-state index contributed by atoms with van der Waals surface area (Å²) in [5.41, 5.74) is 2.67. The van der Waals surface area contributed by atoms with E-state index in [9.17, 15) is 13.2 Å². The Hall–Kier alpha value is -2.52. The van der Waals surface area contributed by atoms with Crippen molar-refractivity contribution in [2.75, 3.05) is 26.3 Å². The van der Waals surface area contributed by atoms with Crippen molar-refractivity contribution in [2.24, 2.45) is 0 Å². The average molecular weight is 460 g/mol. The van der Waals surface area contributed by atoms with Crippen LogP contribution in [0.1, 0.15) is 21.6 Å². The van der Waals surface area contributed by atoms with E-state index in [0.29, 0.717) is 42.6 Å². The molecule has 0 atom stereocenters. The normalized spacial score (nSPS) is 15.2. The first-order chi connectivity index (χ1) is 14.8. The molecule has 1 aliphatic heterocycles. The number of aryl methyl sites for hydroxylation is 1. The Labute approximate surface area is 186 Å². The van der Waals surface area contributed by atoms with Crippen LogP contribution in [0.3, 0.4) is 0 Å². The zero-order chi connectivity index (χ0) is 22.0. The van der Waals surface area contributed by atoms with Gasteiger partial charge in [-0.2, -0.15) is 4.31 Å². The minimum Gasteiger partial charge on any atom is -0.379 e. The molecule has 1 aromatic heterocycles. The van der Waals surface area contributed by atoms with Gasteiger partial charge in [0, 0.05) is 30.0 Å². The summed E-state index contributed by atoms with van der Waals surface area (Å²) in [4.78, 5) is 17.4. The van der Waals surface area contributed by atoms with Crippen molar-refractivity contribution < 1.29 is 17.9 Å². The van der Waals surface area contributed by atoms with Gasteiger partial charge in [-0.15, -0.1) is 0 Å². The van der Waals surface area contributed by atoms with Crippen LogP contribution in [0.15, 0.2) is 53.4 Å². The molecule has 9 heteroatoms. The summed E-state index contributed by atoms with van der Waals surface area (Å²) in [7, 11) is -3.54. The molecule has 1 amide bonds. The van der Waals surface area contributed by atoms with Crippen LogP contribution in [0.4, 0.5) is 0 Å². The molecule has 1 aliphatic rings. The van der Waals surface area contributed by atoms with E-state index in [0.717, 1.165) is 16.5 Å². The van der Waals surface area contributed by atoms with Crippen molar-refractivity contribution >= 4 is 38.4 Å². The van der Waals surface area contributed by atoms with E-state index in [4.69, 9.17) is 16.3 Å². The highest BCUT2D eigenvalue weighted by atomic mass is 35.5. The summed E-state index contributed by atoms with van der Waals surface area (Å²) in [6, 6.07) is 13.7. The first kappa shape index (κ1) is 21.7. The highest BCUT2D eigenvalue weighted by molar-refractivity contribution is 7.89. The molecule has 1 N–H and O–H groups in total. The molecule has 2 aromatic carbocycles. The highest BCUT2D eigenvalue weighted by Gasteiger charge is 2.26. The summed E-state index contributed by atoms with van der Waals surface area (Å²) < 4.78 is 32.1. The summed E-state index contributed by atoms with van der Waals surface area (Å²) in [6.07, 6.45) is 0. The molecule has 0 saturated carbocycles. The van der Waals surface area contributed by atoms with Gasteiger partial charge in [-0.1, -0.05) is 23.7 Å². The van der Waals surface area contributed by atoms with Gasteiger partial charge in [0.05, 0.1) is 34.9 Å². The van der Waals surface area contributed by atoms with E-state index in [1.54, 1.807) is 49.4 Å². The monoisotopic (exact) mass is 459 g/mol. The Kier molecular flexibility index (Phi) is 6.24. The lowest BCUT2D eigenvalue weighted by Crippen LogP contribution is -2.40. The number of fused-ring (bicyclic) bond motifs is 1. The molecule has 0 spiro atoms. The minimum absolute atomic E-state index is 0.232. The SMILES string of the molecule is Cc1nc2ccc(Cl)cc2cc1C(=O)NCc1ccc(S(=O)(=O)N2CCOCC2)cc1. The first-order valence-corrected chi connectivity index (χ1v) is 11.7. The molecular weight excluding hydrogens is 438 g/mol. The standard InChI is InChI=1S/C22H22ClN3O4S/c1-15-20(13-17-12-18(23)4-7-21(17)25-15)22(27)24-14-16-2-5-19(6-3-16)31(28,29)26-8-10-30-11-9-26/h2-7,12-13H,8-11,14H2,1H3,(H,24,27). The van der Waals surface area contributed by atoms with Crippen LogP contribution in [-0.4, -0.2) is 49.9 Å². The quantitative estimate of drug-likeness (QED) is 0.633. The number of carbonyl (C=O) groups excluding carboxylic acids is 1. The zero-order valence-electron chi connectivity index (χ0n) is 17.0. The van der Waals surface area contributed by atoms with Gasteiger partial charge < -0.3 is 10.1 Å². The third kappa shape index (κ3) is 4.72. The first-order valence-electron chi connectivity index (χ1n) is 9.86. The minimum atomic E-state index is -3.54. The summed E-state index contributed by atoms with van der Waals surface area (Å²) in [5, 5.41) is 4.24. The fourth-order valence-electron chi connectivity index (χ4n) is 3.47. The fourth-order valence-corrected chi connectivity index (χ4v) is 5.05. The molecule has 1 fully saturated rings. The second-order valence-corrected chi connectivity index (χ2v) is 9.68. The number of sulfonamides is 1. The Balaban J connectivity index is 1.45. The number of hydrogen-bond acceptors (Lipinski definition) is 5. The fraction of sp³-hybridized carbons (Fsp3) is 0.273. The van der Waals surface area contributed by atoms with Crippen LogP contribution >= 0.6 is 11.6 Å². The van der Waals surface area contributed by atoms with E-state index >= 15 is 0 Å². The van der Waals surface area contributed by atoms with E-state index in [1.807, 2.05) is 6.07 Å². The average Bonchev–Trinajstić information content (AvgIpc) is 2.78. The topological polar surface area (TPSA) is 88.6 Å². The van der Waals surface area contributed by atoms with Gasteiger partial charge in [0.15, 0.2) is 0 Å². The van der Waals surface area contributed by atoms with Crippen LogP contribution in [0.5, 0.6) is 0 Å². The number of aromatic nitrogens is 1. The number of rotatable bonds is 5. The lowest BCUT2D eigenvalue weighted by molar-refractivity contribution is 0.0730. The lowest BCUT2D eigenvalue weighted by atomic mass is 10.1. The Morgan fingerprint density at radius 1 is 1.13 bits per heavy atom. The summed E-state index contributed by atoms with van der Waals surface area (Å²) in [6.45, 7) is 3.56. The van der Waals surface area contributed by atoms with Gasteiger partial charge in [-0.25, -0.2) is 8.42 Å². The van der Waals surface area contributed by atoms with Crippen molar-refractivity contribution in [3.63, 3.8) is 0 Å². The van der Waals surface area contributed by atoms with Gasteiger partial charge in [0.25, 0.3) is 5.91 Å². The molecule has 1 saturated heterocycles. The van der Waals surface area contributed by atoms with Gasteiger partial charge in [0.2, 0.25) is 10.0 Å². The number of amides is 1. The van der Waals surface area contributed by atoms with Crippen LogP contribution in [0, 0.1) is 6.92 Å². The molecule has 0 unspecified atom stereocenters. The molecule has 162 valence electrons. The molecule has 4 rings (SSSR count). The lowest BCUT2D eigenvalue weighted by Gasteiger charge is -2.26. The Morgan fingerprint density at radius 3 is 2.55 bits per heavy atom. The maximum atomic E-state index is 12.7. The van der Waals surface area contributed by atoms with Gasteiger partial charge in [0.1, 0.15) is 0 Å². The number of nitrogens with one attached hydrogen (secondary N) is 1. The largest absolute Gasteiger partial charge is 0.379 e. The summed E-state index contributed by atoms with van der Waals surface area (Å²) in [5.74, 6) is -0.253. The molecule has 7 nitrogen and oxygen atoms in total. The van der Waals surface area contributed by atoms with Crippen LogP contribution in [-0.2, 0) is 21.3 Å². The van der Waals surface area contributed by atoms with Crippen molar-refractivity contribution in [3.8, 4) is 0 Å². The van der Waals surface area contributed by atoms with Crippen LogP contribution in [0.25, 0.3) is 10.9 Å². The Morgan fingerprint density at radius 2 is 1.84 bits per heavy atom. The molecule has 0 aliphatic carbocycles. The van der Waals surface area contributed by atoms with E-state index in [2.05, 4.69) is 10.3 Å². The maximum absolute atomic E-state index is 12.7. The van der Waals surface area contributed by atoms with E-state index in [1.165, 1.54) is 4.31 Å². The number of benzene rings is 2. The number of carbonyl (C=O) groups is 1. The molecule has 0 bridgehead atoms. The van der Waals surface area contributed by atoms with E-state index < -0.39 is 10.0 Å². The smallest absolute Gasteiger partial charge is 0.253 e. The molecule has 31 heavy (non-hydrogen) atoms. The second kappa shape index (κ2) is 8.92. The van der Waals surface area contributed by atoms with Crippen molar-refractivity contribution in [3.05, 3.63) is 70.4 Å². The molecular formula is C22H22ClN3O4S. The predicted octanol–water partition coefficient (Wildman–Crippen LogP) is 3.15. The third-order valence-electron chi connectivity index (χ3n) is 5.20. The highest BCUT2D eigenvalue weighted by Crippen LogP contribution is 2.21. The number of morpholine rings is 1. The third-order valence-corrected chi connectivity index (χ3v) is 7.34. The van der Waals surface area contributed by atoms with Crippen molar-refractivity contribution in [1.29, 1.82) is 0 Å². The number of ether oxygens (including phenoxy) is 1. The van der Waals surface area contributed by atoms with E-state index in [-0.39, 0.29) is 17.3 Å². The zero-order valence-corrected chi connectivity index (χ0v) is 18.5. The molecule has 2 heterocycles. The predicted molar refractivity (Wildman–Crippen MR) is 119 cm³/mol. The van der Waals surface area contributed by atoms with Crippen LogP contribution in [0.2, 0.25) is 5.02 Å². The van der Waals surface area contributed by atoms with Crippen LogP contribution < -0.4 is 5.32 Å².